The third-order valence-corrected chi connectivity index (χ3v) is 8.88. The summed E-state index contributed by atoms with van der Waals surface area (Å²) in [5, 5.41) is 7.03. The second kappa shape index (κ2) is 13.7. The molecular weight excluding hydrogens is 760 g/mol. The number of aromatic nitrogens is 4. The average molecular weight is 798 g/mol. The Kier molecular flexibility index (Phi) is 9.47. The number of para-hydroxylation sites is 1. The van der Waals surface area contributed by atoms with Crippen LogP contribution in [0.1, 0.15) is 54.5 Å². The molecule has 238 valence electrons. The maximum absolute atomic E-state index is 6.39. The Morgan fingerprint density at radius 1 is 0.766 bits per heavy atom. The van der Waals surface area contributed by atoms with E-state index in [0.29, 0.717) is 11.5 Å². The molecule has 47 heavy (non-hydrogen) atoms. The molecule has 0 N–H and O–H groups in total. The van der Waals surface area contributed by atoms with Crippen LogP contribution in [0.15, 0.2) is 91.4 Å². The molecule has 0 saturated heterocycles. The van der Waals surface area contributed by atoms with E-state index in [0.717, 1.165) is 70.1 Å². The van der Waals surface area contributed by atoms with Crippen molar-refractivity contribution in [3.63, 3.8) is 0 Å². The van der Waals surface area contributed by atoms with Crippen LogP contribution in [0.4, 0.5) is 0 Å². The van der Waals surface area contributed by atoms with E-state index in [4.69, 9.17) is 9.84 Å². The zero-order valence-electron chi connectivity index (χ0n) is 27.5. The third-order valence-electron chi connectivity index (χ3n) is 8.88. The Morgan fingerprint density at radius 2 is 1.51 bits per heavy atom. The van der Waals surface area contributed by atoms with Crippen LogP contribution in [0.3, 0.4) is 0 Å². The number of aryl methyl sites for hydroxylation is 3. The van der Waals surface area contributed by atoms with Gasteiger partial charge in [-0.25, -0.2) is 4.98 Å². The minimum atomic E-state index is 0. The Hall–Kier alpha value is -4.47. The Bertz CT molecular complexity index is 2180. The topological polar surface area (TPSA) is 44.9 Å². The van der Waals surface area contributed by atoms with Crippen LogP contribution in [0.5, 0.6) is 11.5 Å². The monoisotopic (exact) mass is 797 g/mol. The van der Waals surface area contributed by atoms with Gasteiger partial charge in [-0.2, -0.15) is 17.2 Å². The first-order valence-electron chi connectivity index (χ1n) is 16.2. The molecule has 0 amide bonds. The number of benzene rings is 4. The van der Waals surface area contributed by atoms with Gasteiger partial charge in [-0.05, 0) is 96.3 Å². The first kappa shape index (κ1) is 32.5. The summed E-state index contributed by atoms with van der Waals surface area (Å²) in [6.07, 6.45) is 10.4. The van der Waals surface area contributed by atoms with Gasteiger partial charge in [-0.15, -0.1) is 35.7 Å². The fourth-order valence-corrected chi connectivity index (χ4v) is 6.67. The first-order valence-corrected chi connectivity index (χ1v) is 16.2. The predicted molar refractivity (Wildman–Crippen MR) is 188 cm³/mol. The van der Waals surface area contributed by atoms with Crippen molar-refractivity contribution in [2.45, 2.75) is 60.3 Å². The van der Waals surface area contributed by atoms with Gasteiger partial charge in [0.15, 0.2) is 0 Å². The summed E-state index contributed by atoms with van der Waals surface area (Å²) in [6.45, 7) is 11.1. The summed E-state index contributed by atoms with van der Waals surface area (Å²) in [5.41, 5.74) is 12.0. The summed E-state index contributed by atoms with van der Waals surface area (Å²) in [6, 6.07) is 31.9. The quantitative estimate of drug-likeness (QED) is 0.137. The number of ether oxygens (including phenoxy) is 1. The molecule has 0 bridgehead atoms. The molecule has 0 fully saturated rings. The number of nitrogens with zero attached hydrogens (tertiary/aromatic N) is 4. The summed E-state index contributed by atoms with van der Waals surface area (Å²) in [7, 11) is 0. The van der Waals surface area contributed by atoms with Gasteiger partial charge in [0.2, 0.25) is 0 Å². The van der Waals surface area contributed by atoms with Crippen LogP contribution in [0, 0.1) is 32.9 Å². The molecule has 6 heteroatoms. The number of pyridine rings is 1. The van der Waals surface area contributed by atoms with E-state index in [9.17, 15) is 0 Å². The van der Waals surface area contributed by atoms with Gasteiger partial charge < -0.3 is 9.30 Å². The van der Waals surface area contributed by atoms with E-state index in [1.165, 1.54) is 27.8 Å². The van der Waals surface area contributed by atoms with Crippen molar-refractivity contribution in [3.05, 3.63) is 131 Å². The molecule has 0 aliphatic rings. The third kappa shape index (κ3) is 6.17. The maximum Gasteiger partial charge on any atom is 2.00 e. The van der Waals surface area contributed by atoms with E-state index in [1.54, 1.807) is 0 Å². The van der Waals surface area contributed by atoms with Crippen molar-refractivity contribution in [3.8, 4) is 34.1 Å². The summed E-state index contributed by atoms with van der Waals surface area (Å²) >= 11 is 0. The van der Waals surface area contributed by atoms with E-state index < -0.39 is 0 Å². The van der Waals surface area contributed by atoms with Crippen molar-refractivity contribution in [1.82, 2.24) is 19.3 Å². The minimum Gasteiger partial charge on any atom is -0.509 e. The summed E-state index contributed by atoms with van der Waals surface area (Å²) < 4.78 is 10.4. The van der Waals surface area contributed by atoms with Crippen LogP contribution in [-0.4, -0.2) is 19.3 Å². The predicted octanol–water partition coefficient (Wildman–Crippen LogP) is 10.3. The molecule has 0 unspecified atom stereocenters. The zero-order chi connectivity index (χ0) is 31.8. The fourth-order valence-electron chi connectivity index (χ4n) is 6.67. The molecule has 0 radical (unpaired) electrons. The number of hydrogen-bond acceptors (Lipinski definition) is 3. The van der Waals surface area contributed by atoms with Gasteiger partial charge in [0.25, 0.3) is 0 Å². The van der Waals surface area contributed by atoms with Crippen LogP contribution >= 0.6 is 0 Å². The second-order valence-electron chi connectivity index (χ2n) is 12.1. The fraction of sp³-hybridized carbons (Fsp3) is 0.220. The second-order valence-corrected chi connectivity index (χ2v) is 12.1. The maximum atomic E-state index is 6.39. The van der Waals surface area contributed by atoms with Gasteiger partial charge in [0, 0.05) is 35.0 Å². The molecule has 5 nitrogen and oxygen atoms in total. The van der Waals surface area contributed by atoms with Crippen molar-refractivity contribution >= 4 is 21.8 Å². The smallest absolute Gasteiger partial charge is 0.509 e. The van der Waals surface area contributed by atoms with Gasteiger partial charge in [-0.1, -0.05) is 56.5 Å². The molecule has 4 aromatic carbocycles. The molecule has 3 heterocycles. The van der Waals surface area contributed by atoms with E-state index in [1.807, 2.05) is 47.4 Å². The Morgan fingerprint density at radius 3 is 2.26 bits per heavy atom. The SMILES string of the molecule is CCCc1cc(CCC)c(C)c(-c2cnn(-c3[c-]c(Oc4[c-]c5c(cc4)c4ccccc4n5-c4cc(C)ccn4)ccc3)c2)c1C.[Pt+2]. The van der Waals surface area contributed by atoms with Crippen molar-refractivity contribution in [2.75, 3.05) is 0 Å². The van der Waals surface area contributed by atoms with Crippen molar-refractivity contribution in [1.29, 1.82) is 0 Å². The Labute approximate surface area is 291 Å². The minimum absolute atomic E-state index is 0. The van der Waals surface area contributed by atoms with Crippen LogP contribution in [0.25, 0.3) is 44.4 Å². The van der Waals surface area contributed by atoms with Crippen molar-refractivity contribution < 1.29 is 25.8 Å². The molecule has 0 saturated carbocycles. The van der Waals surface area contributed by atoms with Gasteiger partial charge in [-0.3, -0.25) is 4.68 Å². The summed E-state index contributed by atoms with van der Waals surface area (Å²) in [4.78, 5) is 4.69. The summed E-state index contributed by atoms with van der Waals surface area (Å²) in [5.74, 6) is 2.07. The molecule has 0 spiro atoms. The number of fused-ring (bicyclic) bond motifs is 3. The molecular formula is C41H38N4OPt. The molecule has 0 atom stereocenters. The van der Waals surface area contributed by atoms with E-state index in [2.05, 4.69) is 105 Å². The number of rotatable bonds is 9. The average Bonchev–Trinajstić information content (AvgIpc) is 3.67. The van der Waals surface area contributed by atoms with Gasteiger partial charge in [0.1, 0.15) is 5.82 Å². The van der Waals surface area contributed by atoms with Gasteiger partial charge in [0.05, 0.1) is 6.20 Å². The van der Waals surface area contributed by atoms with Gasteiger partial charge >= 0.3 is 21.1 Å². The molecule has 3 aromatic heterocycles. The Balaban J connectivity index is 0.00000386. The normalized spacial score (nSPS) is 11.3. The standard InChI is InChI=1S/C41H38N4O.Pt/c1-6-11-30-22-31(12-7-2)29(5)41(28(30)4)32-25-43-44(26-32)33-13-10-14-34(23-33)46-35-17-18-37-36-15-8-9-16-38(36)45(39(37)24-35)40-21-27(3)19-20-42-40;/h8-10,13-22,25-26H,6-7,11-12H2,1-5H3;/q-2;+2. The van der Waals surface area contributed by atoms with E-state index in [-0.39, 0.29) is 21.1 Å². The van der Waals surface area contributed by atoms with Crippen LogP contribution in [0.2, 0.25) is 0 Å². The molecule has 0 aliphatic heterocycles. The molecule has 7 aromatic rings. The van der Waals surface area contributed by atoms with E-state index >= 15 is 0 Å². The zero-order valence-corrected chi connectivity index (χ0v) is 29.8. The molecule has 7 rings (SSSR count). The first-order chi connectivity index (χ1) is 22.4. The number of hydrogen-bond donors (Lipinski definition) is 0. The molecule has 0 aliphatic carbocycles. The van der Waals surface area contributed by atoms with Crippen molar-refractivity contribution in [2.24, 2.45) is 0 Å². The largest absolute Gasteiger partial charge is 2.00 e. The van der Waals surface area contributed by atoms with Crippen LogP contribution < -0.4 is 4.74 Å². The van der Waals surface area contributed by atoms with Crippen LogP contribution in [-0.2, 0) is 33.9 Å².